The minimum absolute atomic E-state index is 0.0173. The van der Waals surface area contributed by atoms with Crippen molar-refractivity contribution in [2.45, 2.75) is 12.5 Å². The van der Waals surface area contributed by atoms with Crippen molar-refractivity contribution in [2.75, 3.05) is 13.7 Å². The van der Waals surface area contributed by atoms with E-state index in [2.05, 4.69) is 15.9 Å². The van der Waals surface area contributed by atoms with Crippen LogP contribution in [0, 0.1) is 5.82 Å². The topological polar surface area (TPSA) is 18.5 Å². The van der Waals surface area contributed by atoms with Gasteiger partial charge in [0.2, 0.25) is 0 Å². The number of fused-ring (bicyclic) bond motifs is 1. The second-order valence-corrected chi connectivity index (χ2v) is 4.13. The monoisotopic (exact) mass is 260 g/mol. The van der Waals surface area contributed by atoms with Crippen LogP contribution in [0.5, 0.6) is 5.75 Å². The van der Waals surface area contributed by atoms with Crippen molar-refractivity contribution >= 4 is 15.9 Å². The second-order valence-electron chi connectivity index (χ2n) is 3.27. The van der Waals surface area contributed by atoms with Gasteiger partial charge in [-0.05, 0) is 27.6 Å². The lowest BCUT2D eigenvalue weighted by atomic mass is 10.1. The van der Waals surface area contributed by atoms with Crippen molar-refractivity contribution in [3.05, 3.63) is 28.0 Å². The molecule has 2 rings (SSSR count). The molecule has 0 saturated carbocycles. The molecule has 1 aliphatic rings. The van der Waals surface area contributed by atoms with Crippen LogP contribution in [-0.2, 0) is 11.2 Å². The fourth-order valence-electron chi connectivity index (χ4n) is 1.58. The van der Waals surface area contributed by atoms with Crippen molar-refractivity contribution in [1.82, 2.24) is 0 Å². The predicted molar refractivity (Wildman–Crippen MR) is 54.1 cm³/mol. The van der Waals surface area contributed by atoms with Crippen LogP contribution in [0.25, 0.3) is 0 Å². The van der Waals surface area contributed by atoms with Gasteiger partial charge in [-0.1, -0.05) is 0 Å². The molecule has 1 atom stereocenters. The van der Waals surface area contributed by atoms with Crippen LogP contribution in [0.2, 0.25) is 0 Å². The molecule has 0 N–H and O–H groups in total. The summed E-state index contributed by atoms with van der Waals surface area (Å²) in [6.07, 6.45) is 0.797. The van der Waals surface area contributed by atoms with Gasteiger partial charge in [0.15, 0.2) is 0 Å². The Morgan fingerprint density at radius 3 is 3.14 bits per heavy atom. The molecule has 0 radical (unpaired) electrons. The summed E-state index contributed by atoms with van der Waals surface area (Å²) in [5, 5.41) is 0. The molecule has 1 aromatic carbocycles. The molecule has 1 unspecified atom stereocenters. The van der Waals surface area contributed by atoms with Crippen LogP contribution in [0.1, 0.15) is 5.56 Å². The number of methoxy groups -OCH3 is 1. The zero-order chi connectivity index (χ0) is 10.1. The molecule has 4 heteroatoms. The molecule has 2 nitrogen and oxygen atoms in total. The van der Waals surface area contributed by atoms with Crippen molar-refractivity contribution in [2.24, 2.45) is 0 Å². The lowest BCUT2D eigenvalue weighted by Gasteiger charge is -2.08. The van der Waals surface area contributed by atoms with E-state index in [0.717, 1.165) is 12.0 Å². The second kappa shape index (κ2) is 3.87. The molecule has 1 heterocycles. The van der Waals surface area contributed by atoms with E-state index in [1.165, 1.54) is 6.07 Å². The van der Waals surface area contributed by atoms with E-state index in [4.69, 9.17) is 9.47 Å². The largest absolute Gasteiger partial charge is 0.487 e. The summed E-state index contributed by atoms with van der Waals surface area (Å²) in [7, 11) is 1.63. The first-order chi connectivity index (χ1) is 6.70. The van der Waals surface area contributed by atoms with E-state index >= 15 is 0 Å². The van der Waals surface area contributed by atoms with E-state index in [1.807, 2.05) is 0 Å². The average Bonchev–Trinajstić information content (AvgIpc) is 2.48. The van der Waals surface area contributed by atoms with Crippen LogP contribution in [-0.4, -0.2) is 19.8 Å². The minimum atomic E-state index is -0.290. The minimum Gasteiger partial charge on any atom is -0.487 e. The fraction of sp³-hybridized carbons (Fsp3) is 0.400. The Hall–Kier alpha value is -0.610. The van der Waals surface area contributed by atoms with Gasteiger partial charge in [0, 0.05) is 19.6 Å². The molecule has 1 aliphatic heterocycles. The van der Waals surface area contributed by atoms with Gasteiger partial charge >= 0.3 is 0 Å². The summed E-state index contributed by atoms with van der Waals surface area (Å²) in [5.41, 5.74) is 1.03. The smallest absolute Gasteiger partial charge is 0.141 e. The molecule has 0 saturated heterocycles. The first-order valence-corrected chi connectivity index (χ1v) is 5.13. The molecule has 0 bridgehead atoms. The Bertz CT molecular complexity index is 323. The van der Waals surface area contributed by atoms with Gasteiger partial charge in [-0.15, -0.1) is 0 Å². The van der Waals surface area contributed by atoms with Crippen molar-refractivity contribution in [3.8, 4) is 5.75 Å². The summed E-state index contributed by atoms with van der Waals surface area (Å²) in [5.74, 6) is 0.342. The predicted octanol–water partition coefficient (Wildman–Crippen LogP) is 2.54. The Balaban J connectivity index is 2.23. The van der Waals surface area contributed by atoms with E-state index in [-0.39, 0.29) is 11.9 Å². The average molecular weight is 261 g/mol. The van der Waals surface area contributed by atoms with Crippen molar-refractivity contribution < 1.29 is 13.9 Å². The Kier molecular flexibility index (Phi) is 2.74. The van der Waals surface area contributed by atoms with Crippen molar-refractivity contribution in [1.29, 1.82) is 0 Å². The van der Waals surface area contributed by atoms with Gasteiger partial charge < -0.3 is 9.47 Å². The molecule has 0 aromatic heterocycles. The molecule has 76 valence electrons. The van der Waals surface area contributed by atoms with E-state index in [9.17, 15) is 4.39 Å². The van der Waals surface area contributed by atoms with Crippen LogP contribution >= 0.6 is 15.9 Å². The molecular weight excluding hydrogens is 251 g/mol. The maximum absolute atomic E-state index is 13.1. The fourth-order valence-corrected chi connectivity index (χ4v) is 1.98. The van der Waals surface area contributed by atoms with Crippen LogP contribution in [0.3, 0.4) is 0 Å². The van der Waals surface area contributed by atoms with Gasteiger partial charge in [-0.2, -0.15) is 0 Å². The molecule has 0 amide bonds. The highest BCUT2D eigenvalue weighted by Crippen LogP contribution is 2.33. The normalized spacial score (nSPS) is 19.2. The summed E-state index contributed by atoms with van der Waals surface area (Å²) in [6, 6.07) is 3.18. The first-order valence-electron chi connectivity index (χ1n) is 4.34. The molecule has 0 aliphatic carbocycles. The maximum Gasteiger partial charge on any atom is 0.141 e. The third-order valence-electron chi connectivity index (χ3n) is 2.20. The Labute approximate surface area is 90.1 Å². The summed E-state index contributed by atoms with van der Waals surface area (Å²) < 4.78 is 24.1. The molecular formula is C10H10BrFO2. The number of rotatable bonds is 2. The third kappa shape index (κ3) is 1.77. The first kappa shape index (κ1) is 9.93. The number of hydrogen-bond donors (Lipinski definition) is 0. The maximum atomic E-state index is 13.1. The number of halogens is 2. The lowest BCUT2D eigenvalue weighted by Crippen LogP contribution is -2.19. The standard InChI is InChI=1S/C10H10BrFO2/c1-13-5-7-2-6-3-8(11)9(12)4-10(6)14-7/h3-4,7H,2,5H2,1H3. The lowest BCUT2D eigenvalue weighted by molar-refractivity contribution is 0.0950. The molecule has 0 spiro atoms. The van der Waals surface area contributed by atoms with Gasteiger partial charge in [-0.25, -0.2) is 4.39 Å². The number of ether oxygens (including phenoxy) is 2. The van der Waals surface area contributed by atoms with Gasteiger partial charge in [0.1, 0.15) is 17.7 Å². The Morgan fingerprint density at radius 1 is 1.64 bits per heavy atom. The van der Waals surface area contributed by atoms with Gasteiger partial charge in [0.25, 0.3) is 0 Å². The highest BCUT2D eigenvalue weighted by molar-refractivity contribution is 9.10. The van der Waals surface area contributed by atoms with Gasteiger partial charge in [-0.3, -0.25) is 0 Å². The van der Waals surface area contributed by atoms with Gasteiger partial charge in [0.05, 0.1) is 11.1 Å². The third-order valence-corrected chi connectivity index (χ3v) is 2.80. The molecule has 0 fully saturated rings. The van der Waals surface area contributed by atoms with Crippen LogP contribution in [0.15, 0.2) is 16.6 Å². The SMILES string of the molecule is COCC1Cc2cc(Br)c(F)cc2O1. The highest BCUT2D eigenvalue weighted by Gasteiger charge is 2.24. The summed E-state index contributed by atoms with van der Waals surface area (Å²) >= 11 is 3.15. The van der Waals surface area contributed by atoms with Crippen molar-refractivity contribution in [3.63, 3.8) is 0 Å². The van der Waals surface area contributed by atoms with E-state index in [1.54, 1.807) is 13.2 Å². The zero-order valence-corrected chi connectivity index (χ0v) is 9.30. The summed E-state index contributed by atoms with van der Waals surface area (Å²) in [6.45, 7) is 0.536. The number of hydrogen-bond acceptors (Lipinski definition) is 2. The molecule has 14 heavy (non-hydrogen) atoms. The Morgan fingerprint density at radius 2 is 2.43 bits per heavy atom. The number of benzene rings is 1. The quantitative estimate of drug-likeness (QED) is 0.814. The summed E-state index contributed by atoms with van der Waals surface area (Å²) in [4.78, 5) is 0. The molecule has 1 aromatic rings. The van der Waals surface area contributed by atoms with Crippen LogP contribution in [0.4, 0.5) is 4.39 Å². The highest BCUT2D eigenvalue weighted by atomic mass is 79.9. The zero-order valence-electron chi connectivity index (χ0n) is 7.72. The van der Waals surface area contributed by atoms with E-state index < -0.39 is 0 Å². The van der Waals surface area contributed by atoms with Crippen LogP contribution < -0.4 is 4.74 Å². The van der Waals surface area contributed by atoms with E-state index in [0.29, 0.717) is 16.8 Å².